The maximum absolute atomic E-state index is 12.2. The molecular formula is C5H2BrF2N. The molecule has 0 radical (unpaired) electrons. The van der Waals surface area contributed by atoms with Crippen molar-refractivity contribution in [1.82, 2.24) is 4.98 Å². The number of rotatable bonds is 0. The molecule has 0 atom stereocenters. The second-order valence-corrected chi connectivity index (χ2v) is 2.26. The third-order valence-corrected chi connectivity index (χ3v) is 1.36. The zero-order valence-corrected chi connectivity index (χ0v) is 5.82. The highest BCUT2D eigenvalue weighted by atomic mass is 79.9. The summed E-state index contributed by atoms with van der Waals surface area (Å²) in [5, 5.41) is 0. The molecule has 1 rings (SSSR count). The van der Waals surface area contributed by atoms with Crippen molar-refractivity contribution in [1.29, 1.82) is 0 Å². The summed E-state index contributed by atoms with van der Waals surface area (Å²) in [4.78, 5) is 2.89. The SMILES string of the molecule is Fc1ccc(Br)c(F)n1. The predicted molar refractivity (Wildman–Crippen MR) is 31.9 cm³/mol. The molecule has 1 nitrogen and oxygen atoms in total. The fourth-order valence-corrected chi connectivity index (χ4v) is 0.616. The monoisotopic (exact) mass is 193 g/mol. The Bertz CT molecular complexity index is 226. The number of halogens is 3. The summed E-state index contributed by atoms with van der Waals surface area (Å²) in [5.41, 5.74) is 0. The Morgan fingerprint density at radius 3 is 2.44 bits per heavy atom. The van der Waals surface area contributed by atoms with Crippen molar-refractivity contribution in [3.63, 3.8) is 0 Å². The summed E-state index contributed by atoms with van der Waals surface area (Å²) in [5.74, 6) is -1.63. The van der Waals surface area contributed by atoms with Gasteiger partial charge in [-0.3, -0.25) is 0 Å². The predicted octanol–water partition coefficient (Wildman–Crippen LogP) is 2.12. The fourth-order valence-electron chi connectivity index (χ4n) is 0.395. The molecule has 0 unspecified atom stereocenters. The number of nitrogens with zero attached hydrogens (tertiary/aromatic N) is 1. The van der Waals surface area contributed by atoms with Gasteiger partial charge in [0, 0.05) is 0 Å². The van der Waals surface area contributed by atoms with Gasteiger partial charge >= 0.3 is 0 Å². The largest absolute Gasteiger partial charge is 0.229 e. The first-order valence-corrected chi connectivity index (χ1v) is 2.97. The zero-order valence-electron chi connectivity index (χ0n) is 4.24. The van der Waals surface area contributed by atoms with Gasteiger partial charge in [-0.15, -0.1) is 0 Å². The number of aromatic nitrogens is 1. The highest BCUT2D eigenvalue weighted by molar-refractivity contribution is 9.10. The van der Waals surface area contributed by atoms with Gasteiger partial charge in [0.05, 0.1) is 4.47 Å². The van der Waals surface area contributed by atoms with E-state index in [1.165, 1.54) is 6.07 Å². The van der Waals surface area contributed by atoms with Crippen LogP contribution in [0.4, 0.5) is 8.78 Å². The average Bonchev–Trinajstić information content (AvgIpc) is 1.80. The standard InChI is InChI=1S/C5H2BrF2N/c6-3-1-2-4(7)9-5(3)8/h1-2H. The second kappa shape index (κ2) is 2.39. The Hall–Kier alpha value is -0.510. The highest BCUT2D eigenvalue weighted by Gasteiger charge is 1.99. The van der Waals surface area contributed by atoms with E-state index in [2.05, 4.69) is 20.9 Å². The number of hydrogen-bond donors (Lipinski definition) is 0. The third kappa shape index (κ3) is 1.45. The van der Waals surface area contributed by atoms with E-state index in [0.29, 0.717) is 0 Å². The molecule has 1 heterocycles. The molecule has 0 aliphatic heterocycles. The molecule has 0 spiro atoms. The van der Waals surface area contributed by atoms with E-state index in [9.17, 15) is 8.78 Å². The van der Waals surface area contributed by atoms with Crippen LogP contribution in [0.25, 0.3) is 0 Å². The van der Waals surface area contributed by atoms with Crippen LogP contribution in [0.5, 0.6) is 0 Å². The van der Waals surface area contributed by atoms with Gasteiger partial charge < -0.3 is 0 Å². The molecule has 0 aromatic carbocycles. The Labute approximate surface area is 58.8 Å². The van der Waals surface area contributed by atoms with Gasteiger partial charge in [-0.2, -0.15) is 13.8 Å². The molecular weight excluding hydrogens is 192 g/mol. The molecule has 0 bridgehead atoms. The normalized spacial score (nSPS) is 9.67. The second-order valence-electron chi connectivity index (χ2n) is 1.41. The molecule has 4 heteroatoms. The fraction of sp³-hybridized carbons (Fsp3) is 0. The van der Waals surface area contributed by atoms with E-state index in [0.717, 1.165) is 6.07 Å². The van der Waals surface area contributed by atoms with Crippen LogP contribution in [0.15, 0.2) is 16.6 Å². The lowest BCUT2D eigenvalue weighted by atomic mass is 10.5. The molecule has 48 valence electrons. The van der Waals surface area contributed by atoms with Gasteiger partial charge in [-0.1, -0.05) is 0 Å². The summed E-state index contributed by atoms with van der Waals surface area (Å²) in [6.07, 6.45) is 0. The van der Waals surface area contributed by atoms with Gasteiger partial charge in [0.1, 0.15) is 0 Å². The molecule has 0 saturated heterocycles. The van der Waals surface area contributed by atoms with Gasteiger partial charge in [0.2, 0.25) is 11.9 Å². The lowest BCUT2D eigenvalue weighted by Crippen LogP contribution is -1.86. The molecule has 1 aromatic heterocycles. The molecule has 0 saturated carbocycles. The summed E-state index contributed by atoms with van der Waals surface area (Å²) in [6, 6.07) is 2.34. The van der Waals surface area contributed by atoms with Crippen molar-refractivity contribution in [2.24, 2.45) is 0 Å². The van der Waals surface area contributed by atoms with Gasteiger partial charge in [0.15, 0.2) is 0 Å². The van der Waals surface area contributed by atoms with E-state index in [1.54, 1.807) is 0 Å². The molecule has 0 N–H and O–H groups in total. The molecule has 9 heavy (non-hydrogen) atoms. The lowest BCUT2D eigenvalue weighted by molar-refractivity contribution is 0.508. The van der Waals surface area contributed by atoms with Crippen LogP contribution in [-0.2, 0) is 0 Å². The van der Waals surface area contributed by atoms with Crippen LogP contribution in [0.3, 0.4) is 0 Å². The van der Waals surface area contributed by atoms with Gasteiger partial charge in [-0.05, 0) is 28.1 Å². The minimum Gasteiger partial charge on any atom is -0.190 e. The Balaban J connectivity index is 3.17. The van der Waals surface area contributed by atoms with Crippen molar-refractivity contribution >= 4 is 15.9 Å². The number of pyridine rings is 1. The summed E-state index contributed by atoms with van der Waals surface area (Å²) < 4.78 is 24.3. The summed E-state index contributed by atoms with van der Waals surface area (Å²) >= 11 is 2.83. The van der Waals surface area contributed by atoms with E-state index in [4.69, 9.17) is 0 Å². The first-order valence-electron chi connectivity index (χ1n) is 2.17. The van der Waals surface area contributed by atoms with Crippen LogP contribution in [0.1, 0.15) is 0 Å². The quantitative estimate of drug-likeness (QED) is 0.576. The van der Waals surface area contributed by atoms with Crippen LogP contribution in [0, 0.1) is 11.9 Å². The van der Waals surface area contributed by atoms with Gasteiger partial charge in [-0.25, -0.2) is 0 Å². The van der Waals surface area contributed by atoms with Crippen LogP contribution in [0.2, 0.25) is 0 Å². The smallest absolute Gasteiger partial charge is 0.190 e. The average molecular weight is 194 g/mol. The molecule has 0 aliphatic carbocycles. The van der Waals surface area contributed by atoms with Gasteiger partial charge in [0.25, 0.3) is 0 Å². The first-order chi connectivity index (χ1) is 4.20. The van der Waals surface area contributed by atoms with E-state index < -0.39 is 11.9 Å². The highest BCUT2D eigenvalue weighted by Crippen LogP contribution is 2.11. The van der Waals surface area contributed by atoms with Crippen LogP contribution < -0.4 is 0 Å². The third-order valence-electron chi connectivity index (χ3n) is 0.769. The Morgan fingerprint density at radius 2 is 2.00 bits per heavy atom. The van der Waals surface area contributed by atoms with E-state index in [-0.39, 0.29) is 4.47 Å². The van der Waals surface area contributed by atoms with Crippen molar-refractivity contribution in [2.45, 2.75) is 0 Å². The number of hydrogen-bond acceptors (Lipinski definition) is 1. The minimum absolute atomic E-state index is 0.170. The van der Waals surface area contributed by atoms with E-state index in [1.807, 2.05) is 0 Å². The van der Waals surface area contributed by atoms with Crippen molar-refractivity contribution in [2.75, 3.05) is 0 Å². The maximum atomic E-state index is 12.2. The van der Waals surface area contributed by atoms with E-state index >= 15 is 0 Å². The Kier molecular flexibility index (Phi) is 1.75. The first kappa shape index (κ1) is 6.61. The van der Waals surface area contributed by atoms with Crippen LogP contribution in [-0.4, -0.2) is 4.98 Å². The minimum atomic E-state index is -0.824. The maximum Gasteiger partial charge on any atom is 0.229 e. The lowest BCUT2D eigenvalue weighted by Gasteiger charge is -1.89. The molecule has 0 amide bonds. The van der Waals surface area contributed by atoms with Crippen LogP contribution >= 0.6 is 15.9 Å². The topological polar surface area (TPSA) is 12.9 Å². The zero-order chi connectivity index (χ0) is 6.85. The van der Waals surface area contributed by atoms with Crippen molar-refractivity contribution < 1.29 is 8.78 Å². The van der Waals surface area contributed by atoms with Crippen molar-refractivity contribution in [3.05, 3.63) is 28.5 Å². The molecule has 0 aliphatic rings. The summed E-state index contributed by atoms with van der Waals surface area (Å²) in [7, 11) is 0. The molecule has 1 aromatic rings. The molecule has 0 fully saturated rings. The Morgan fingerprint density at radius 1 is 1.33 bits per heavy atom. The summed E-state index contributed by atoms with van der Waals surface area (Å²) in [6.45, 7) is 0. The van der Waals surface area contributed by atoms with Crippen molar-refractivity contribution in [3.8, 4) is 0 Å².